The smallest absolute Gasteiger partial charge is 0.134 e. The summed E-state index contributed by atoms with van der Waals surface area (Å²) in [5.74, 6) is 0.634. The molecule has 2 aromatic rings. The van der Waals surface area contributed by atoms with Crippen LogP contribution in [0.15, 0.2) is 36.4 Å². The number of benzene rings is 1. The van der Waals surface area contributed by atoms with E-state index in [9.17, 15) is 0 Å². The molecule has 100 valence electrons. The first-order valence-electron chi connectivity index (χ1n) is 5.96. The van der Waals surface area contributed by atoms with Gasteiger partial charge in [-0.05, 0) is 24.1 Å². The van der Waals surface area contributed by atoms with Gasteiger partial charge in [0.15, 0.2) is 0 Å². The molecule has 0 aliphatic carbocycles. The van der Waals surface area contributed by atoms with Crippen LogP contribution in [-0.4, -0.2) is 18.7 Å². The molecule has 1 aromatic heterocycles. The Morgan fingerprint density at radius 1 is 1.32 bits per heavy atom. The monoisotopic (exact) mass is 277 g/mol. The van der Waals surface area contributed by atoms with E-state index in [1.807, 2.05) is 18.2 Å². The van der Waals surface area contributed by atoms with Crippen molar-refractivity contribution < 1.29 is 4.74 Å². The molecule has 0 bridgehead atoms. The highest BCUT2D eigenvalue weighted by Crippen LogP contribution is 2.23. The van der Waals surface area contributed by atoms with Crippen LogP contribution in [0.5, 0.6) is 0 Å². The molecule has 0 saturated heterocycles. The topological polar surface area (TPSA) is 60.2 Å². The number of rotatable bonds is 5. The summed E-state index contributed by atoms with van der Waals surface area (Å²) < 4.78 is 5.10. The van der Waals surface area contributed by atoms with Gasteiger partial charge in [-0.3, -0.25) is 0 Å². The number of nitrogens with one attached hydrogen (secondary N) is 1. The number of hydrogen-bond donors (Lipinski definition) is 2. The number of ether oxygens (including phenoxy) is 1. The Hall–Kier alpha value is -1.78. The van der Waals surface area contributed by atoms with Crippen molar-refractivity contribution in [3.8, 4) is 0 Å². The van der Waals surface area contributed by atoms with Gasteiger partial charge in [0.2, 0.25) is 0 Å². The summed E-state index contributed by atoms with van der Waals surface area (Å²) in [7, 11) is 1.69. The lowest BCUT2D eigenvalue weighted by molar-refractivity contribution is 0.202. The zero-order valence-electron chi connectivity index (χ0n) is 10.7. The molecule has 0 spiro atoms. The number of anilines is 3. The third-order valence-corrected chi connectivity index (χ3v) is 2.87. The third kappa shape index (κ3) is 3.84. The Kier molecular flexibility index (Phi) is 4.60. The van der Waals surface area contributed by atoms with Gasteiger partial charge in [-0.15, -0.1) is 0 Å². The average Bonchev–Trinajstić information content (AvgIpc) is 2.36. The van der Waals surface area contributed by atoms with Gasteiger partial charge in [-0.25, -0.2) is 4.98 Å². The molecular weight excluding hydrogens is 262 g/mol. The van der Waals surface area contributed by atoms with Crippen LogP contribution in [0.25, 0.3) is 0 Å². The molecule has 2 rings (SSSR count). The minimum atomic E-state index is 0.372. The standard InChI is InChI=1S/C14H16ClN3O/c1-19-7-6-10-4-2-3-5-12(10)17-14-9-11(16)8-13(15)18-14/h2-5,8-9H,6-7H2,1H3,(H3,16,17,18). The zero-order valence-corrected chi connectivity index (χ0v) is 11.4. The molecule has 1 aromatic carbocycles. The van der Waals surface area contributed by atoms with Gasteiger partial charge in [-0.2, -0.15) is 0 Å². The number of hydrogen-bond acceptors (Lipinski definition) is 4. The van der Waals surface area contributed by atoms with Gasteiger partial charge >= 0.3 is 0 Å². The Morgan fingerprint density at radius 2 is 2.11 bits per heavy atom. The van der Waals surface area contributed by atoms with Gasteiger partial charge in [0.05, 0.1) is 6.61 Å². The quantitative estimate of drug-likeness (QED) is 0.824. The molecule has 0 radical (unpaired) electrons. The molecule has 5 heteroatoms. The molecule has 1 heterocycles. The Bertz CT molecular complexity index is 540. The summed E-state index contributed by atoms with van der Waals surface area (Å²) in [5, 5.41) is 3.60. The van der Waals surface area contributed by atoms with Crippen LogP contribution in [0, 0.1) is 0 Å². The normalized spacial score (nSPS) is 10.4. The first-order valence-corrected chi connectivity index (χ1v) is 6.34. The second-order valence-corrected chi connectivity index (χ2v) is 4.52. The van der Waals surface area contributed by atoms with Crippen LogP contribution in [0.1, 0.15) is 5.56 Å². The van der Waals surface area contributed by atoms with E-state index in [0.717, 1.165) is 17.7 Å². The maximum atomic E-state index is 5.89. The predicted octanol–water partition coefficient (Wildman–Crippen LogP) is 3.25. The SMILES string of the molecule is COCCc1ccccc1Nc1cc(N)cc(Cl)n1. The van der Waals surface area contributed by atoms with Crippen molar-refractivity contribution in [2.45, 2.75) is 6.42 Å². The summed E-state index contributed by atoms with van der Waals surface area (Å²) in [5.41, 5.74) is 8.46. The maximum Gasteiger partial charge on any atom is 0.134 e. The summed E-state index contributed by atoms with van der Waals surface area (Å²) in [4.78, 5) is 4.19. The van der Waals surface area contributed by atoms with Crippen LogP contribution in [0.2, 0.25) is 5.15 Å². The summed E-state index contributed by atoms with van der Waals surface area (Å²) >= 11 is 5.89. The van der Waals surface area contributed by atoms with E-state index >= 15 is 0 Å². The number of halogens is 1. The lowest BCUT2D eigenvalue weighted by Gasteiger charge is -2.11. The van der Waals surface area contributed by atoms with Crippen LogP contribution >= 0.6 is 11.6 Å². The fourth-order valence-corrected chi connectivity index (χ4v) is 2.01. The van der Waals surface area contributed by atoms with Crippen molar-refractivity contribution in [1.29, 1.82) is 0 Å². The van der Waals surface area contributed by atoms with E-state index in [-0.39, 0.29) is 0 Å². The number of nitrogens with zero attached hydrogens (tertiary/aromatic N) is 1. The van der Waals surface area contributed by atoms with Crippen molar-refractivity contribution in [1.82, 2.24) is 4.98 Å². The number of para-hydroxylation sites is 1. The minimum Gasteiger partial charge on any atom is -0.399 e. The second kappa shape index (κ2) is 6.41. The first-order chi connectivity index (χ1) is 9.19. The Balaban J connectivity index is 2.22. The van der Waals surface area contributed by atoms with E-state index in [1.54, 1.807) is 19.2 Å². The molecule has 3 N–H and O–H groups in total. The fourth-order valence-electron chi connectivity index (χ4n) is 1.79. The number of nitrogens with two attached hydrogens (primary N) is 1. The molecule has 0 fully saturated rings. The molecule has 0 unspecified atom stereocenters. The number of pyridine rings is 1. The number of aromatic nitrogens is 1. The van der Waals surface area contributed by atoms with Gasteiger partial charge < -0.3 is 15.8 Å². The molecule has 0 amide bonds. The van der Waals surface area contributed by atoms with Crippen LogP contribution in [0.3, 0.4) is 0 Å². The van der Waals surface area contributed by atoms with E-state index in [2.05, 4.69) is 16.4 Å². The highest BCUT2D eigenvalue weighted by atomic mass is 35.5. The largest absolute Gasteiger partial charge is 0.399 e. The third-order valence-electron chi connectivity index (χ3n) is 2.67. The summed E-state index contributed by atoms with van der Waals surface area (Å²) in [6, 6.07) is 11.4. The number of methoxy groups -OCH3 is 1. The molecule has 0 aliphatic rings. The molecule has 0 saturated carbocycles. The fraction of sp³-hybridized carbons (Fsp3) is 0.214. The maximum absolute atomic E-state index is 5.89. The van der Waals surface area contributed by atoms with E-state index in [0.29, 0.717) is 23.3 Å². The first kappa shape index (κ1) is 13.6. The average molecular weight is 278 g/mol. The Morgan fingerprint density at radius 3 is 2.84 bits per heavy atom. The lowest BCUT2D eigenvalue weighted by Crippen LogP contribution is -2.01. The Labute approximate surface area is 117 Å². The van der Waals surface area contributed by atoms with Gasteiger partial charge in [-0.1, -0.05) is 29.8 Å². The van der Waals surface area contributed by atoms with Gasteiger partial charge in [0, 0.05) is 24.6 Å². The van der Waals surface area contributed by atoms with E-state index in [4.69, 9.17) is 22.1 Å². The molecular formula is C14H16ClN3O. The van der Waals surface area contributed by atoms with Crippen LogP contribution in [-0.2, 0) is 11.2 Å². The zero-order chi connectivity index (χ0) is 13.7. The highest BCUT2D eigenvalue weighted by Gasteiger charge is 2.04. The van der Waals surface area contributed by atoms with Gasteiger partial charge in [0.25, 0.3) is 0 Å². The predicted molar refractivity (Wildman–Crippen MR) is 79.0 cm³/mol. The molecule has 0 aliphatic heterocycles. The van der Waals surface area contributed by atoms with Crippen molar-refractivity contribution in [2.24, 2.45) is 0 Å². The van der Waals surface area contributed by atoms with Gasteiger partial charge in [0.1, 0.15) is 11.0 Å². The van der Waals surface area contributed by atoms with Crippen LogP contribution < -0.4 is 11.1 Å². The van der Waals surface area contributed by atoms with Crippen molar-refractivity contribution >= 4 is 28.8 Å². The number of nitrogen functional groups attached to an aromatic ring is 1. The molecule has 19 heavy (non-hydrogen) atoms. The molecule has 0 atom stereocenters. The highest BCUT2D eigenvalue weighted by molar-refractivity contribution is 6.29. The van der Waals surface area contributed by atoms with E-state index < -0.39 is 0 Å². The minimum absolute atomic E-state index is 0.372. The van der Waals surface area contributed by atoms with Crippen molar-refractivity contribution in [2.75, 3.05) is 24.8 Å². The van der Waals surface area contributed by atoms with Crippen LogP contribution in [0.4, 0.5) is 17.2 Å². The molecule has 4 nitrogen and oxygen atoms in total. The van der Waals surface area contributed by atoms with Crippen molar-refractivity contribution in [3.63, 3.8) is 0 Å². The summed E-state index contributed by atoms with van der Waals surface area (Å²) in [6.45, 7) is 0.670. The second-order valence-electron chi connectivity index (χ2n) is 4.13. The lowest BCUT2D eigenvalue weighted by atomic mass is 10.1. The van der Waals surface area contributed by atoms with Crippen molar-refractivity contribution in [3.05, 3.63) is 47.1 Å². The summed E-state index contributed by atoms with van der Waals surface area (Å²) in [6.07, 6.45) is 0.829. The van der Waals surface area contributed by atoms with E-state index in [1.165, 1.54) is 0 Å².